The third kappa shape index (κ3) is 3.54. The van der Waals surface area contributed by atoms with Gasteiger partial charge in [0, 0.05) is 18.7 Å². The fourth-order valence-corrected chi connectivity index (χ4v) is 2.96. The standard InChI is InChI=1S/C14H17BrFNO2/c15-12-6-9(4-5-13(12)16)14(19)17-7-10-2-1-3-11(10)8-18/h4-6,10-11,18H,1-3,7-8H2,(H,17,19). The Labute approximate surface area is 120 Å². The van der Waals surface area contributed by atoms with Gasteiger partial charge >= 0.3 is 0 Å². The molecule has 0 saturated heterocycles. The van der Waals surface area contributed by atoms with Gasteiger partial charge in [-0.1, -0.05) is 6.42 Å². The molecule has 5 heteroatoms. The first kappa shape index (κ1) is 14.5. The number of hydrogen-bond donors (Lipinski definition) is 2. The van der Waals surface area contributed by atoms with Crippen LogP contribution in [0.4, 0.5) is 4.39 Å². The van der Waals surface area contributed by atoms with E-state index in [2.05, 4.69) is 21.2 Å². The molecule has 104 valence electrons. The molecule has 0 spiro atoms. The molecule has 1 aromatic rings. The van der Waals surface area contributed by atoms with Gasteiger partial charge in [0.1, 0.15) is 5.82 Å². The molecule has 1 amide bonds. The largest absolute Gasteiger partial charge is 0.396 e. The third-order valence-electron chi connectivity index (χ3n) is 3.76. The molecule has 1 aliphatic carbocycles. The minimum absolute atomic E-state index is 0.183. The van der Waals surface area contributed by atoms with Gasteiger partial charge in [0.15, 0.2) is 0 Å². The van der Waals surface area contributed by atoms with Crippen LogP contribution in [0.15, 0.2) is 22.7 Å². The van der Waals surface area contributed by atoms with Gasteiger partial charge in [-0.3, -0.25) is 4.79 Å². The monoisotopic (exact) mass is 329 g/mol. The SMILES string of the molecule is O=C(NCC1CCCC1CO)c1ccc(F)c(Br)c1. The van der Waals surface area contributed by atoms with Crippen LogP contribution in [0.5, 0.6) is 0 Å². The van der Waals surface area contributed by atoms with Crippen molar-refractivity contribution in [1.29, 1.82) is 0 Å². The third-order valence-corrected chi connectivity index (χ3v) is 4.37. The normalized spacial score (nSPS) is 22.5. The van der Waals surface area contributed by atoms with Crippen LogP contribution in [-0.2, 0) is 0 Å². The van der Waals surface area contributed by atoms with Gasteiger partial charge in [-0.2, -0.15) is 0 Å². The first-order chi connectivity index (χ1) is 9.11. The minimum Gasteiger partial charge on any atom is -0.396 e. The molecule has 1 fully saturated rings. The number of benzene rings is 1. The van der Waals surface area contributed by atoms with Gasteiger partial charge in [0.2, 0.25) is 0 Å². The quantitative estimate of drug-likeness (QED) is 0.892. The molecule has 2 unspecified atom stereocenters. The maximum absolute atomic E-state index is 13.1. The Morgan fingerprint density at radius 3 is 2.84 bits per heavy atom. The molecule has 2 rings (SSSR count). The molecule has 1 saturated carbocycles. The average molecular weight is 330 g/mol. The minimum atomic E-state index is -0.382. The van der Waals surface area contributed by atoms with Crippen LogP contribution in [0.3, 0.4) is 0 Å². The van der Waals surface area contributed by atoms with Gasteiger partial charge in [0.25, 0.3) is 5.91 Å². The van der Waals surface area contributed by atoms with Crippen LogP contribution in [0.25, 0.3) is 0 Å². The van der Waals surface area contributed by atoms with Crippen molar-refractivity contribution in [2.24, 2.45) is 11.8 Å². The van der Waals surface area contributed by atoms with Crippen LogP contribution in [0.2, 0.25) is 0 Å². The van der Waals surface area contributed by atoms with Crippen LogP contribution < -0.4 is 5.32 Å². The maximum atomic E-state index is 13.1. The zero-order chi connectivity index (χ0) is 13.8. The number of aliphatic hydroxyl groups is 1. The molecule has 1 aromatic carbocycles. The molecule has 0 aromatic heterocycles. The van der Waals surface area contributed by atoms with E-state index in [0.717, 1.165) is 19.3 Å². The maximum Gasteiger partial charge on any atom is 0.251 e. The highest BCUT2D eigenvalue weighted by molar-refractivity contribution is 9.10. The summed E-state index contributed by atoms with van der Waals surface area (Å²) in [5, 5.41) is 12.1. The van der Waals surface area contributed by atoms with Crippen molar-refractivity contribution in [1.82, 2.24) is 5.32 Å². The first-order valence-corrected chi connectivity index (χ1v) is 7.25. The number of carbonyl (C=O) groups excluding carboxylic acids is 1. The van der Waals surface area contributed by atoms with Crippen molar-refractivity contribution >= 4 is 21.8 Å². The number of aliphatic hydroxyl groups excluding tert-OH is 1. The van der Waals surface area contributed by atoms with Crippen molar-refractivity contribution in [3.63, 3.8) is 0 Å². The van der Waals surface area contributed by atoms with Gasteiger partial charge < -0.3 is 10.4 Å². The molecule has 0 heterocycles. The summed E-state index contributed by atoms with van der Waals surface area (Å²) in [6.45, 7) is 0.752. The van der Waals surface area contributed by atoms with Gasteiger partial charge in [-0.25, -0.2) is 4.39 Å². The summed E-state index contributed by atoms with van der Waals surface area (Å²) in [4.78, 5) is 11.9. The average Bonchev–Trinajstić information content (AvgIpc) is 2.86. The van der Waals surface area contributed by atoms with E-state index in [1.165, 1.54) is 18.2 Å². The Bertz CT molecular complexity index is 467. The molecule has 1 aliphatic rings. The van der Waals surface area contributed by atoms with Crippen molar-refractivity contribution < 1.29 is 14.3 Å². The fraction of sp³-hybridized carbons (Fsp3) is 0.500. The molecule has 0 bridgehead atoms. The summed E-state index contributed by atoms with van der Waals surface area (Å²) in [6.07, 6.45) is 3.17. The molecule has 2 atom stereocenters. The van der Waals surface area contributed by atoms with E-state index in [0.29, 0.717) is 23.9 Å². The Balaban J connectivity index is 1.92. The van der Waals surface area contributed by atoms with E-state index in [4.69, 9.17) is 0 Å². The predicted octanol–water partition coefficient (Wildman–Crippen LogP) is 2.73. The second kappa shape index (κ2) is 6.48. The summed E-state index contributed by atoms with van der Waals surface area (Å²) in [5.41, 5.74) is 0.437. The second-order valence-corrected chi connectivity index (χ2v) is 5.83. The van der Waals surface area contributed by atoms with E-state index in [9.17, 15) is 14.3 Å². The van der Waals surface area contributed by atoms with Crippen LogP contribution >= 0.6 is 15.9 Å². The predicted molar refractivity (Wildman–Crippen MR) is 74.4 cm³/mol. The second-order valence-electron chi connectivity index (χ2n) is 4.97. The summed E-state index contributed by atoms with van der Waals surface area (Å²) >= 11 is 3.06. The number of hydrogen-bond acceptors (Lipinski definition) is 2. The summed E-state index contributed by atoms with van der Waals surface area (Å²) < 4.78 is 13.4. The molecule has 0 radical (unpaired) electrons. The van der Waals surface area contributed by atoms with Gasteiger partial charge in [-0.05, 0) is 58.8 Å². The Morgan fingerprint density at radius 1 is 1.42 bits per heavy atom. The number of halogens is 2. The molecule has 2 N–H and O–H groups in total. The van der Waals surface area contributed by atoms with Crippen molar-refractivity contribution in [2.75, 3.05) is 13.2 Å². The lowest BCUT2D eigenvalue weighted by molar-refractivity contribution is 0.0937. The smallest absolute Gasteiger partial charge is 0.251 e. The number of amides is 1. The molecule has 0 aliphatic heterocycles. The number of nitrogens with one attached hydrogen (secondary N) is 1. The fourth-order valence-electron chi connectivity index (χ4n) is 2.59. The lowest BCUT2D eigenvalue weighted by Crippen LogP contribution is -2.31. The van der Waals surface area contributed by atoms with Crippen LogP contribution in [0, 0.1) is 17.7 Å². The molecular formula is C14H17BrFNO2. The number of rotatable bonds is 4. The highest BCUT2D eigenvalue weighted by Crippen LogP contribution is 2.30. The first-order valence-electron chi connectivity index (χ1n) is 6.46. The lowest BCUT2D eigenvalue weighted by atomic mass is 9.97. The van der Waals surface area contributed by atoms with Gasteiger partial charge in [-0.15, -0.1) is 0 Å². The highest BCUT2D eigenvalue weighted by Gasteiger charge is 2.26. The zero-order valence-corrected chi connectivity index (χ0v) is 12.1. The van der Waals surface area contributed by atoms with E-state index < -0.39 is 0 Å². The van der Waals surface area contributed by atoms with E-state index in [1.807, 2.05) is 0 Å². The van der Waals surface area contributed by atoms with E-state index in [1.54, 1.807) is 0 Å². The van der Waals surface area contributed by atoms with Crippen molar-refractivity contribution in [2.45, 2.75) is 19.3 Å². The zero-order valence-electron chi connectivity index (χ0n) is 10.5. The summed E-state index contributed by atoms with van der Waals surface area (Å²) in [6, 6.07) is 4.21. The number of carbonyl (C=O) groups is 1. The topological polar surface area (TPSA) is 49.3 Å². The van der Waals surface area contributed by atoms with Crippen LogP contribution in [0.1, 0.15) is 29.6 Å². The van der Waals surface area contributed by atoms with Crippen molar-refractivity contribution in [3.8, 4) is 0 Å². The van der Waals surface area contributed by atoms with E-state index >= 15 is 0 Å². The highest BCUT2D eigenvalue weighted by atomic mass is 79.9. The Kier molecular flexibility index (Phi) is 4.93. The summed E-state index contributed by atoms with van der Waals surface area (Å²) in [7, 11) is 0. The molecule has 3 nitrogen and oxygen atoms in total. The molecular weight excluding hydrogens is 313 g/mol. The van der Waals surface area contributed by atoms with Crippen molar-refractivity contribution in [3.05, 3.63) is 34.1 Å². The summed E-state index contributed by atoms with van der Waals surface area (Å²) in [5.74, 6) is 0.0510. The Morgan fingerprint density at radius 2 is 2.16 bits per heavy atom. The lowest BCUT2D eigenvalue weighted by Gasteiger charge is -2.17. The van der Waals surface area contributed by atoms with Gasteiger partial charge in [0.05, 0.1) is 4.47 Å². The van der Waals surface area contributed by atoms with E-state index in [-0.39, 0.29) is 22.8 Å². The van der Waals surface area contributed by atoms with Crippen LogP contribution in [-0.4, -0.2) is 24.2 Å². The molecule has 19 heavy (non-hydrogen) atoms. The Hall–Kier alpha value is -0.940.